The molecule has 0 aliphatic carbocycles. The fourth-order valence-corrected chi connectivity index (χ4v) is 3.98. The van der Waals surface area contributed by atoms with Crippen LogP contribution in [0.15, 0.2) is 77.7 Å². The molecule has 1 amide bonds. The number of carbonyl (C=O) groups is 1. The summed E-state index contributed by atoms with van der Waals surface area (Å²) >= 11 is 0. The first-order chi connectivity index (χ1) is 13.8. The number of benzene rings is 3. The van der Waals surface area contributed by atoms with Gasteiger partial charge in [-0.2, -0.15) is 0 Å². The number of carbonyl (C=O) groups excluding carboxylic acids is 1. The van der Waals surface area contributed by atoms with E-state index in [0.29, 0.717) is 11.3 Å². The second-order valence-corrected chi connectivity index (χ2v) is 8.72. The molecule has 3 aromatic rings. The molecule has 29 heavy (non-hydrogen) atoms. The lowest BCUT2D eigenvalue weighted by Crippen LogP contribution is -2.26. The van der Waals surface area contributed by atoms with Crippen LogP contribution in [0.4, 0.5) is 5.69 Å². The molecular weight excluding hydrogens is 384 g/mol. The van der Waals surface area contributed by atoms with Crippen molar-refractivity contribution in [1.29, 1.82) is 0 Å². The third-order valence-electron chi connectivity index (χ3n) is 4.83. The van der Waals surface area contributed by atoms with E-state index in [1.165, 1.54) is 23.3 Å². The van der Waals surface area contributed by atoms with E-state index < -0.39 is 10.0 Å². The van der Waals surface area contributed by atoms with Crippen molar-refractivity contribution in [2.75, 3.05) is 4.72 Å². The van der Waals surface area contributed by atoms with E-state index >= 15 is 0 Å². The van der Waals surface area contributed by atoms with Crippen LogP contribution in [0.25, 0.3) is 0 Å². The number of amides is 1. The lowest BCUT2D eigenvalue weighted by molar-refractivity contribution is 0.0940. The summed E-state index contributed by atoms with van der Waals surface area (Å²) in [6, 6.07) is 20.5. The summed E-state index contributed by atoms with van der Waals surface area (Å²) in [6.07, 6.45) is 0. The molecule has 0 aliphatic heterocycles. The van der Waals surface area contributed by atoms with Gasteiger partial charge in [-0.05, 0) is 73.9 Å². The highest BCUT2D eigenvalue weighted by Crippen LogP contribution is 2.19. The van der Waals surface area contributed by atoms with Gasteiger partial charge in [-0.3, -0.25) is 9.52 Å². The van der Waals surface area contributed by atoms with Gasteiger partial charge in [0.2, 0.25) is 0 Å². The van der Waals surface area contributed by atoms with E-state index in [0.717, 1.165) is 5.56 Å². The van der Waals surface area contributed by atoms with Crippen molar-refractivity contribution < 1.29 is 13.2 Å². The van der Waals surface area contributed by atoms with Crippen LogP contribution < -0.4 is 10.0 Å². The second kappa shape index (κ2) is 8.49. The van der Waals surface area contributed by atoms with Crippen LogP contribution >= 0.6 is 0 Å². The average Bonchev–Trinajstić information content (AvgIpc) is 2.71. The van der Waals surface area contributed by atoms with Crippen molar-refractivity contribution in [2.45, 2.75) is 31.7 Å². The zero-order valence-corrected chi connectivity index (χ0v) is 17.5. The molecule has 0 unspecified atom stereocenters. The molecule has 0 aromatic heterocycles. The van der Waals surface area contributed by atoms with Crippen LogP contribution in [0.5, 0.6) is 0 Å². The van der Waals surface area contributed by atoms with E-state index in [2.05, 4.69) is 23.0 Å². The molecule has 0 bridgehead atoms. The molecule has 3 rings (SSSR count). The fourth-order valence-electron chi connectivity index (χ4n) is 2.90. The molecule has 0 saturated carbocycles. The lowest BCUT2D eigenvalue weighted by atomic mass is 10.0. The minimum absolute atomic E-state index is 0.141. The van der Waals surface area contributed by atoms with E-state index in [4.69, 9.17) is 0 Å². The maximum Gasteiger partial charge on any atom is 0.261 e. The Kier molecular flexibility index (Phi) is 6.03. The van der Waals surface area contributed by atoms with E-state index in [-0.39, 0.29) is 16.8 Å². The molecule has 0 heterocycles. The molecule has 2 N–H and O–H groups in total. The van der Waals surface area contributed by atoms with Crippen molar-refractivity contribution in [1.82, 2.24) is 5.32 Å². The summed E-state index contributed by atoms with van der Waals surface area (Å²) in [7, 11) is -3.66. The van der Waals surface area contributed by atoms with Crippen LogP contribution in [0, 0.1) is 13.8 Å². The first-order valence-electron chi connectivity index (χ1n) is 9.32. The molecule has 150 valence electrons. The predicted molar refractivity (Wildman–Crippen MR) is 115 cm³/mol. The van der Waals surface area contributed by atoms with Gasteiger partial charge >= 0.3 is 0 Å². The molecule has 0 spiro atoms. The van der Waals surface area contributed by atoms with Crippen LogP contribution in [-0.2, 0) is 10.0 Å². The average molecular weight is 409 g/mol. The van der Waals surface area contributed by atoms with Gasteiger partial charge in [-0.25, -0.2) is 8.42 Å². The largest absolute Gasteiger partial charge is 0.346 e. The lowest BCUT2D eigenvalue weighted by Gasteiger charge is -2.16. The normalized spacial score (nSPS) is 12.2. The van der Waals surface area contributed by atoms with E-state index in [1.807, 2.05) is 26.0 Å². The quantitative estimate of drug-likeness (QED) is 0.626. The van der Waals surface area contributed by atoms with E-state index in [9.17, 15) is 13.2 Å². The summed E-state index contributed by atoms with van der Waals surface area (Å²) in [5.74, 6) is -0.215. The van der Waals surface area contributed by atoms with Gasteiger partial charge in [-0.15, -0.1) is 0 Å². The third-order valence-corrected chi connectivity index (χ3v) is 6.23. The SMILES string of the molecule is Cc1ccc([C@H](C)NC(=O)c2ccc(NS(=O)(=O)c3ccccc3)cc2)cc1C. The topological polar surface area (TPSA) is 75.3 Å². The van der Waals surface area contributed by atoms with Gasteiger partial charge in [0.1, 0.15) is 0 Å². The summed E-state index contributed by atoms with van der Waals surface area (Å²) in [5, 5.41) is 2.98. The zero-order valence-electron chi connectivity index (χ0n) is 16.6. The Morgan fingerprint density at radius 1 is 0.862 bits per heavy atom. The maximum absolute atomic E-state index is 12.5. The Morgan fingerprint density at radius 3 is 2.14 bits per heavy atom. The van der Waals surface area contributed by atoms with Crippen LogP contribution in [0.1, 0.15) is 40.0 Å². The summed E-state index contributed by atoms with van der Waals surface area (Å²) in [6.45, 7) is 6.03. The van der Waals surface area contributed by atoms with Crippen molar-refractivity contribution in [3.63, 3.8) is 0 Å². The first-order valence-corrected chi connectivity index (χ1v) is 10.8. The highest BCUT2D eigenvalue weighted by Gasteiger charge is 2.15. The number of rotatable bonds is 6. The Labute approximate surface area is 171 Å². The minimum atomic E-state index is -3.66. The summed E-state index contributed by atoms with van der Waals surface area (Å²) < 4.78 is 27.3. The molecule has 0 aliphatic rings. The van der Waals surface area contributed by atoms with Crippen LogP contribution in [0.2, 0.25) is 0 Å². The molecule has 0 saturated heterocycles. The number of hydrogen-bond acceptors (Lipinski definition) is 3. The molecule has 3 aromatic carbocycles. The van der Waals surface area contributed by atoms with Crippen molar-refractivity contribution >= 4 is 21.6 Å². The molecule has 6 heteroatoms. The van der Waals surface area contributed by atoms with Gasteiger partial charge in [0.15, 0.2) is 0 Å². The molecule has 5 nitrogen and oxygen atoms in total. The Morgan fingerprint density at radius 2 is 1.52 bits per heavy atom. The first kappa shape index (κ1) is 20.6. The number of sulfonamides is 1. The number of nitrogens with one attached hydrogen (secondary N) is 2. The van der Waals surface area contributed by atoms with Gasteiger partial charge in [-0.1, -0.05) is 36.4 Å². The highest BCUT2D eigenvalue weighted by molar-refractivity contribution is 7.92. The van der Waals surface area contributed by atoms with Crippen molar-refractivity contribution in [3.8, 4) is 0 Å². The van der Waals surface area contributed by atoms with Crippen molar-refractivity contribution in [2.24, 2.45) is 0 Å². The Balaban J connectivity index is 1.68. The van der Waals surface area contributed by atoms with Gasteiger partial charge in [0, 0.05) is 11.3 Å². The van der Waals surface area contributed by atoms with Gasteiger partial charge < -0.3 is 5.32 Å². The third kappa shape index (κ3) is 5.03. The molecule has 0 radical (unpaired) electrons. The smallest absolute Gasteiger partial charge is 0.261 e. The second-order valence-electron chi connectivity index (χ2n) is 7.03. The Bertz CT molecular complexity index is 1110. The van der Waals surface area contributed by atoms with Crippen molar-refractivity contribution in [3.05, 3.63) is 95.1 Å². The van der Waals surface area contributed by atoms with Crippen LogP contribution in [0.3, 0.4) is 0 Å². The molecule has 1 atom stereocenters. The van der Waals surface area contributed by atoms with Gasteiger partial charge in [0.25, 0.3) is 15.9 Å². The summed E-state index contributed by atoms with van der Waals surface area (Å²) in [4.78, 5) is 12.7. The number of aryl methyl sites for hydroxylation is 2. The number of hydrogen-bond donors (Lipinski definition) is 2. The fraction of sp³-hybridized carbons (Fsp3) is 0.174. The van der Waals surface area contributed by atoms with E-state index in [1.54, 1.807) is 42.5 Å². The minimum Gasteiger partial charge on any atom is -0.346 e. The number of anilines is 1. The highest BCUT2D eigenvalue weighted by atomic mass is 32.2. The summed E-state index contributed by atoms with van der Waals surface area (Å²) in [5.41, 5.74) is 4.28. The standard InChI is InChI=1S/C23H24N2O3S/c1-16-9-10-20(15-17(16)2)18(3)24-23(26)19-11-13-21(14-12-19)25-29(27,28)22-7-5-4-6-8-22/h4-15,18,25H,1-3H3,(H,24,26)/t18-/m0/s1. The zero-order chi connectivity index (χ0) is 21.0. The predicted octanol–water partition coefficient (Wildman–Crippen LogP) is 4.60. The molecule has 0 fully saturated rings. The molecular formula is C23H24N2O3S. The van der Waals surface area contributed by atoms with Gasteiger partial charge in [0.05, 0.1) is 10.9 Å². The monoisotopic (exact) mass is 408 g/mol. The Hall–Kier alpha value is -3.12. The van der Waals surface area contributed by atoms with Crippen LogP contribution in [-0.4, -0.2) is 14.3 Å². The maximum atomic E-state index is 12.5.